The van der Waals surface area contributed by atoms with Crippen molar-refractivity contribution < 1.29 is 9.53 Å². The number of carbonyl (C=O) groups is 1. The molecule has 0 N–H and O–H groups in total. The zero-order chi connectivity index (χ0) is 14.3. The van der Waals surface area contributed by atoms with Gasteiger partial charge in [-0.15, -0.1) is 0 Å². The van der Waals surface area contributed by atoms with E-state index in [4.69, 9.17) is 10.00 Å². The Labute approximate surface area is 113 Å². The van der Waals surface area contributed by atoms with E-state index in [0.717, 1.165) is 0 Å². The van der Waals surface area contributed by atoms with Crippen molar-refractivity contribution in [3.63, 3.8) is 0 Å². The molecule has 0 aromatic carbocycles. The molecule has 1 rings (SSSR count). The third kappa shape index (κ3) is 3.91. The predicted octanol–water partition coefficient (Wildman–Crippen LogP) is 1.70. The van der Waals surface area contributed by atoms with Gasteiger partial charge in [-0.05, 0) is 20.8 Å². The van der Waals surface area contributed by atoms with Gasteiger partial charge in [0, 0.05) is 19.3 Å². The topological polar surface area (TPSA) is 79.1 Å². The second kappa shape index (κ2) is 7.31. The van der Waals surface area contributed by atoms with Crippen LogP contribution in [-0.2, 0) is 4.74 Å². The summed E-state index contributed by atoms with van der Waals surface area (Å²) in [6.07, 6.45) is 1.89. The van der Waals surface area contributed by atoms with E-state index in [0.29, 0.717) is 43.3 Å². The molecule has 0 unspecified atom stereocenters. The lowest BCUT2D eigenvalue weighted by Gasteiger charge is -2.19. The Bertz CT molecular complexity index is 482. The number of anilines is 1. The molecule has 6 nitrogen and oxygen atoms in total. The van der Waals surface area contributed by atoms with Crippen LogP contribution in [0.2, 0.25) is 0 Å². The first-order valence-electron chi connectivity index (χ1n) is 6.26. The molecule has 19 heavy (non-hydrogen) atoms. The maximum atomic E-state index is 11.6. The number of hydrogen-bond donors (Lipinski definition) is 0. The molecule has 0 aliphatic rings. The third-order valence-electron chi connectivity index (χ3n) is 2.62. The SMILES string of the molecule is CCOC(=O)c1cnc(N(CC)CCC#N)nc1C. The molecule has 0 spiro atoms. The summed E-state index contributed by atoms with van der Waals surface area (Å²) in [6, 6.07) is 2.09. The summed E-state index contributed by atoms with van der Waals surface area (Å²) in [5.74, 6) is 0.120. The molecule has 0 bridgehead atoms. The van der Waals surface area contributed by atoms with Gasteiger partial charge in [0.25, 0.3) is 0 Å². The molecule has 1 aromatic heterocycles. The van der Waals surface area contributed by atoms with Gasteiger partial charge >= 0.3 is 5.97 Å². The average molecular weight is 262 g/mol. The van der Waals surface area contributed by atoms with Crippen LogP contribution in [0.5, 0.6) is 0 Å². The van der Waals surface area contributed by atoms with Gasteiger partial charge in [-0.3, -0.25) is 0 Å². The van der Waals surface area contributed by atoms with Gasteiger partial charge in [0.15, 0.2) is 0 Å². The number of ether oxygens (including phenoxy) is 1. The number of hydrogen-bond acceptors (Lipinski definition) is 6. The molecular formula is C13H18N4O2. The fourth-order valence-electron chi connectivity index (χ4n) is 1.60. The molecular weight excluding hydrogens is 244 g/mol. The molecule has 0 radical (unpaired) electrons. The van der Waals surface area contributed by atoms with Crippen molar-refractivity contribution in [1.29, 1.82) is 5.26 Å². The van der Waals surface area contributed by atoms with Crippen LogP contribution in [0.4, 0.5) is 5.95 Å². The van der Waals surface area contributed by atoms with Gasteiger partial charge in [0.05, 0.1) is 30.4 Å². The fourth-order valence-corrected chi connectivity index (χ4v) is 1.60. The van der Waals surface area contributed by atoms with Crippen molar-refractivity contribution in [1.82, 2.24) is 9.97 Å². The van der Waals surface area contributed by atoms with Crippen LogP contribution in [-0.4, -0.2) is 35.6 Å². The number of esters is 1. The molecule has 0 amide bonds. The Morgan fingerprint density at radius 1 is 1.53 bits per heavy atom. The Balaban J connectivity index is 2.92. The van der Waals surface area contributed by atoms with E-state index in [-0.39, 0.29) is 0 Å². The van der Waals surface area contributed by atoms with Gasteiger partial charge < -0.3 is 9.64 Å². The maximum absolute atomic E-state index is 11.6. The minimum atomic E-state index is -0.411. The summed E-state index contributed by atoms with van der Waals surface area (Å²) in [5, 5.41) is 8.61. The number of carbonyl (C=O) groups excluding carboxylic acids is 1. The van der Waals surface area contributed by atoms with Crippen molar-refractivity contribution in [2.75, 3.05) is 24.6 Å². The van der Waals surface area contributed by atoms with E-state index in [2.05, 4.69) is 16.0 Å². The Morgan fingerprint density at radius 3 is 2.79 bits per heavy atom. The quantitative estimate of drug-likeness (QED) is 0.726. The van der Waals surface area contributed by atoms with Crippen LogP contribution in [0, 0.1) is 18.3 Å². The lowest BCUT2D eigenvalue weighted by Crippen LogP contribution is -2.26. The number of rotatable bonds is 6. The minimum absolute atomic E-state index is 0.323. The molecule has 0 atom stereocenters. The summed E-state index contributed by atoms with van der Waals surface area (Å²) in [4.78, 5) is 22.0. The summed E-state index contributed by atoms with van der Waals surface area (Å²) >= 11 is 0. The zero-order valence-corrected chi connectivity index (χ0v) is 11.5. The highest BCUT2D eigenvalue weighted by Gasteiger charge is 2.14. The van der Waals surface area contributed by atoms with E-state index in [9.17, 15) is 4.79 Å². The minimum Gasteiger partial charge on any atom is -0.462 e. The molecule has 1 aromatic rings. The van der Waals surface area contributed by atoms with E-state index in [1.54, 1.807) is 13.8 Å². The summed E-state index contributed by atoms with van der Waals surface area (Å²) in [6.45, 7) is 7.07. The number of nitriles is 1. The predicted molar refractivity (Wildman–Crippen MR) is 70.8 cm³/mol. The van der Waals surface area contributed by atoms with Crippen molar-refractivity contribution in [3.05, 3.63) is 17.5 Å². The molecule has 0 saturated heterocycles. The first-order chi connectivity index (χ1) is 9.13. The van der Waals surface area contributed by atoms with Crippen LogP contribution in [0.25, 0.3) is 0 Å². The highest BCUT2D eigenvalue weighted by molar-refractivity contribution is 5.90. The summed E-state index contributed by atoms with van der Waals surface area (Å²) < 4.78 is 4.92. The normalized spacial score (nSPS) is 9.79. The van der Waals surface area contributed by atoms with Gasteiger partial charge in [-0.2, -0.15) is 5.26 Å². The largest absolute Gasteiger partial charge is 0.462 e. The zero-order valence-electron chi connectivity index (χ0n) is 11.5. The van der Waals surface area contributed by atoms with Crippen LogP contribution in [0.15, 0.2) is 6.20 Å². The molecule has 0 aliphatic carbocycles. The van der Waals surface area contributed by atoms with Crippen molar-refractivity contribution in [3.8, 4) is 6.07 Å². The summed E-state index contributed by atoms with van der Waals surface area (Å²) in [5.41, 5.74) is 0.959. The second-order valence-electron chi connectivity index (χ2n) is 3.88. The van der Waals surface area contributed by atoms with E-state index >= 15 is 0 Å². The Hall–Kier alpha value is -2.16. The number of aromatic nitrogens is 2. The average Bonchev–Trinajstić information content (AvgIpc) is 2.40. The van der Waals surface area contributed by atoms with Gasteiger partial charge in [0.1, 0.15) is 0 Å². The monoisotopic (exact) mass is 262 g/mol. The summed E-state index contributed by atoms with van der Waals surface area (Å²) in [7, 11) is 0. The highest BCUT2D eigenvalue weighted by Crippen LogP contribution is 2.12. The number of nitrogens with zero attached hydrogens (tertiary/aromatic N) is 4. The fraction of sp³-hybridized carbons (Fsp3) is 0.538. The smallest absolute Gasteiger partial charge is 0.341 e. The lowest BCUT2D eigenvalue weighted by atomic mass is 10.2. The van der Waals surface area contributed by atoms with E-state index in [1.165, 1.54) is 6.20 Å². The van der Waals surface area contributed by atoms with Gasteiger partial charge in [-0.25, -0.2) is 14.8 Å². The molecule has 6 heteroatoms. The van der Waals surface area contributed by atoms with Gasteiger partial charge in [0.2, 0.25) is 5.95 Å². The number of aryl methyl sites for hydroxylation is 1. The van der Waals surface area contributed by atoms with E-state index in [1.807, 2.05) is 11.8 Å². The Morgan fingerprint density at radius 2 is 2.26 bits per heavy atom. The Kier molecular flexibility index (Phi) is 5.73. The van der Waals surface area contributed by atoms with Gasteiger partial charge in [-0.1, -0.05) is 0 Å². The van der Waals surface area contributed by atoms with Crippen molar-refractivity contribution in [2.24, 2.45) is 0 Å². The van der Waals surface area contributed by atoms with Crippen molar-refractivity contribution in [2.45, 2.75) is 27.2 Å². The van der Waals surface area contributed by atoms with Crippen LogP contribution >= 0.6 is 0 Å². The molecule has 1 heterocycles. The first-order valence-corrected chi connectivity index (χ1v) is 6.26. The first kappa shape index (κ1) is 14.9. The lowest BCUT2D eigenvalue weighted by molar-refractivity contribution is 0.0524. The third-order valence-corrected chi connectivity index (χ3v) is 2.62. The maximum Gasteiger partial charge on any atom is 0.341 e. The highest BCUT2D eigenvalue weighted by atomic mass is 16.5. The van der Waals surface area contributed by atoms with Crippen molar-refractivity contribution >= 4 is 11.9 Å². The molecule has 0 saturated carbocycles. The molecule has 0 fully saturated rings. The van der Waals surface area contributed by atoms with E-state index < -0.39 is 5.97 Å². The standard InChI is InChI=1S/C13H18N4O2/c1-4-17(8-6-7-14)13-15-9-11(10(3)16-13)12(18)19-5-2/h9H,4-6,8H2,1-3H3. The second-order valence-corrected chi connectivity index (χ2v) is 3.88. The van der Waals surface area contributed by atoms with Crippen LogP contribution in [0.3, 0.4) is 0 Å². The van der Waals surface area contributed by atoms with Crippen LogP contribution < -0.4 is 4.90 Å². The van der Waals surface area contributed by atoms with Crippen LogP contribution in [0.1, 0.15) is 36.3 Å². The molecule has 102 valence electrons. The molecule has 0 aliphatic heterocycles.